The molecule has 11 nitrogen and oxygen atoms in total. The Morgan fingerprint density at radius 1 is 0.889 bits per heavy atom. The second-order valence-corrected chi connectivity index (χ2v) is 9.82. The SMILES string of the molecule is CCc1cc(-c2ccccc2)cc(CC)[n+]1CC(=O)NNc1ccc(S(N)(=O)=O)cc1.[O-][Cl+3]([O-])([O-])[O-]. The van der Waals surface area contributed by atoms with Crippen molar-refractivity contribution in [3.8, 4) is 11.1 Å². The van der Waals surface area contributed by atoms with Crippen LogP contribution in [0.1, 0.15) is 25.2 Å². The van der Waals surface area contributed by atoms with Crippen molar-refractivity contribution in [1.82, 2.24) is 5.43 Å². The Morgan fingerprint density at radius 3 is 1.83 bits per heavy atom. The van der Waals surface area contributed by atoms with Gasteiger partial charge >= 0.3 is 5.91 Å². The Labute approximate surface area is 211 Å². The summed E-state index contributed by atoms with van der Waals surface area (Å²) in [6.45, 7) is 4.32. The standard InChI is InChI=1S/C23H26N4O3S.ClHO4/c1-3-20-14-18(17-8-6-5-7-9-17)15-21(4-2)27(20)16-23(28)26-25-19-10-12-22(13-11-19)31(24,29)30;2-1(3,4)5/h5-15,25H,3-4,16H2,1-2H3,(H2-,24,26,28,29,30);(H,2,3,4,5). The maximum absolute atomic E-state index is 12.6. The molecule has 1 aromatic heterocycles. The number of nitrogens with one attached hydrogen (secondary N) is 2. The fourth-order valence-corrected chi connectivity index (χ4v) is 3.90. The summed E-state index contributed by atoms with van der Waals surface area (Å²) in [7, 11) is -8.69. The molecule has 0 saturated carbocycles. The minimum absolute atomic E-state index is 0.0126. The topological polar surface area (TPSA) is 197 Å². The number of hydrazine groups is 1. The molecule has 0 spiro atoms. The quantitative estimate of drug-likeness (QED) is 0.212. The molecule has 0 aliphatic heterocycles. The van der Waals surface area contributed by atoms with Gasteiger partial charge in [0.2, 0.25) is 16.6 Å². The number of nitrogens with two attached hydrogens (primary N) is 1. The predicted molar refractivity (Wildman–Crippen MR) is 120 cm³/mol. The van der Waals surface area contributed by atoms with Crippen molar-refractivity contribution in [2.24, 2.45) is 5.14 Å². The van der Waals surface area contributed by atoms with Crippen molar-refractivity contribution in [3.63, 3.8) is 0 Å². The highest BCUT2D eigenvalue weighted by atomic mass is 35.7. The van der Waals surface area contributed by atoms with E-state index in [2.05, 4.69) is 49.0 Å². The summed E-state index contributed by atoms with van der Waals surface area (Å²) >= 11 is 0. The molecule has 3 rings (SSSR count). The van der Waals surface area contributed by atoms with Crippen molar-refractivity contribution in [2.75, 3.05) is 5.43 Å². The Kier molecular flexibility index (Phi) is 10.3. The van der Waals surface area contributed by atoms with Crippen LogP contribution >= 0.6 is 0 Å². The lowest BCUT2D eigenvalue weighted by Gasteiger charge is -2.17. The van der Waals surface area contributed by atoms with E-state index in [-0.39, 0.29) is 17.3 Å². The fraction of sp³-hybridized carbons (Fsp3) is 0.217. The highest BCUT2D eigenvalue weighted by molar-refractivity contribution is 7.89. The number of benzene rings is 2. The lowest BCUT2D eigenvalue weighted by Crippen LogP contribution is -2.68. The van der Waals surface area contributed by atoms with E-state index >= 15 is 0 Å². The molecule has 0 radical (unpaired) electrons. The number of primary sulfonamides is 1. The number of pyridine rings is 1. The van der Waals surface area contributed by atoms with Crippen LogP contribution in [-0.4, -0.2) is 14.3 Å². The van der Waals surface area contributed by atoms with E-state index in [1.54, 1.807) is 0 Å². The lowest BCUT2D eigenvalue weighted by molar-refractivity contribution is -2.00. The van der Waals surface area contributed by atoms with Crippen LogP contribution in [0, 0.1) is 10.2 Å². The van der Waals surface area contributed by atoms with Gasteiger partial charge in [0.25, 0.3) is 0 Å². The molecule has 3 aromatic rings. The Balaban J connectivity index is 0.000000830. The zero-order valence-electron chi connectivity index (χ0n) is 19.6. The van der Waals surface area contributed by atoms with Crippen LogP contribution in [0.4, 0.5) is 5.69 Å². The van der Waals surface area contributed by atoms with Gasteiger partial charge in [0.05, 0.1) is 10.6 Å². The first kappa shape index (κ1) is 29.1. The minimum atomic E-state index is -4.94. The Morgan fingerprint density at radius 2 is 1.39 bits per heavy atom. The number of carbonyl (C=O) groups is 1. The molecule has 0 bridgehead atoms. The third kappa shape index (κ3) is 9.51. The predicted octanol–water partition coefficient (Wildman–Crippen LogP) is -2.20. The summed E-state index contributed by atoms with van der Waals surface area (Å²) in [5.41, 5.74) is 10.5. The first-order chi connectivity index (χ1) is 16.8. The second kappa shape index (κ2) is 12.7. The first-order valence-corrected chi connectivity index (χ1v) is 13.5. The van der Waals surface area contributed by atoms with Gasteiger partial charge in [0, 0.05) is 25.0 Å². The summed E-state index contributed by atoms with van der Waals surface area (Å²) in [6, 6.07) is 20.3. The van der Waals surface area contributed by atoms with Crippen molar-refractivity contribution in [2.45, 2.75) is 38.1 Å². The Hall–Kier alpha value is -3.10. The van der Waals surface area contributed by atoms with E-state index in [1.807, 2.05) is 22.8 Å². The molecule has 1 heterocycles. The van der Waals surface area contributed by atoms with Crippen LogP contribution in [0.25, 0.3) is 11.1 Å². The molecule has 0 atom stereocenters. The summed E-state index contributed by atoms with van der Waals surface area (Å²) in [6.07, 6.45) is 1.59. The van der Waals surface area contributed by atoms with Gasteiger partial charge in [-0.3, -0.25) is 15.6 Å². The third-order valence-corrected chi connectivity index (χ3v) is 5.93. The molecule has 0 saturated heterocycles. The summed E-state index contributed by atoms with van der Waals surface area (Å²) in [5.74, 6) is -0.211. The number of nitrogens with zero attached hydrogens (tertiary/aromatic N) is 1. The Bertz CT molecular complexity index is 1230. The number of hydrogen-bond acceptors (Lipinski definition) is 8. The van der Waals surface area contributed by atoms with Crippen LogP contribution in [0.15, 0.2) is 71.6 Å². The van der Waals surface area contributed by atoms with Gasteiger partial charge < -0.3 is 0 Å². The largest absolute Gasteiger partial charge is 0.304 e. The molecule has 4 N–H and O–H groups in total. The van der Waals surface area contributed by atoms with Crippen LogP contribution in [-0.2, 0) is 34.2 Å². The first-order valence-electron chi connectivity index (χ1n) is 10.7. The lowest BCUT2D eigenvalue weighted by atomic mass is 10.0. The average molecular weight is 539 g/mol. The number of halogens is 1. The molecular formula is C23H27ClN4O7S. The van der Waals surface area contributed by atoms with Crippen LogP contribution in [0.2, 0.25) is 0 Å². The molecule has 13 heteroatoms. The average Bonchev–Trinajstić information content (AvgIpc) is 2.82. The molecule has 0 aliphatic carbocycles. The molecule has 0 unspecified atom stereocenters. The molecular weight excluding hydrogens is 512 g/mol. The van der Waals surface area contributed by atoms with E-state index in [0.29, 0.717) is 5.69 Å². The number of hydrogen-bond donors (Lipinski definition) is 3. The number of carbonyl (C=O) groups excluding carboxylic acids is 1. The second-order valence-electron chi connectivity index (χ2n) is 7.51. The van der Waals surface area contributed by atoms with Gasteiger partial charge in [-0.15, -0.1) is 10.2 Å². The monoisotopic (exact) mass is 538 g/mol. The van der Waals surface area contributed by atoms with Crippen LogP contribution in [0.3, 0.4) is 0 Å². The molecule has 194 valence electrons. The van der Waals surface area contributed by atoms with E-state index in [4.69, 9.17) is 23.8 Å². The van der Waals surface area contributed by atoms with Crippen molar-refractivity contribution in [3.05, 3.63) is 78.1 Å². The molecule has 0 aliphatic rings. The summed E-state index contributed by atoms with van der Waals surface area (Å²) in [4.78, 5) is 12.6. The number of aromatic nitrogens is 1. The fourth-order valence-electron chi connectivity index (χ4n) is 3.38. The maximum atomic E-state index is 12.6. The van der Waals surface area contributed by atoms with Crippen molar-refractivity contribution < 1.29 is 46.7 Å². The van der Waals surface area contributed by atoms with Crippen molar-refractivity contribution >= 4 is 21.6 Å². The van der Waals surface area contributed by atoms with Gasteiger partial charge in [-0.05, 0) is 35.4 Å². The smallest absolute Gasteiger partial charge is 0.298 e. The summed E-state index contributed by atoms with van der Waals surface area (Å²) < 4.78 is 58.7. The number of amides is 1. The van der Waals surface area contributed by atoms with E-state index in [0.717, 1.165) is 35.4 Å². The van der Waals surface area contributed by atoms with E-state index in [9.17, 15) is 13.2 Å². The van der Waals surface area contributed by atoms with Gasteiger partial charge in [-0.2, -0.15) is 4.57 Å². The van der Waals surface area contributed by atoms with Gasteiger partial charge in [0.1, 0.15) is 0 Å². The highest BCUT2D eigenvalue weighted by Crippen LogP contribution is 2.20. The van der Waals surface area contributed by atoms with Crippen molar-refractivity contribution in [1.29, 1.82) is 0 Å². The zero-order valence-corrected chi connectivity index (χ0v) is 21.2. The molecule has 0 fully saturated rings. The van der Waals surface area contributed by atoms with Crippen LogP contribution in [0.5, 0.6) is 0 Å². The zero-order chi connectivity index (χ0) is 26.9. The number of rotatable bonds is 8. The number of anilines is 1. The molecule has 36 heavy (non-hydrogen) atoms. The van der Waals surface area contributed by atoms with Gasteiger partial charge in [-0.25, -0.2) is 32.2 Å². The maximum Gasteiger partial charge on any atom is 0.304 e. The van der Waals surface area contributed by atoms with Gasteiger partial charge in [0.15, 0.2) is 11.4 Å². The third-order valence-electron chi connectivity index (χ3n) is 5.00. The number of sulfonamides is 1. The number of aryl methyl sites for hydroxylation is 2. The normalized spacial score (nSPS) is 11.3. The minimum Gasteiger partial charge on any atom is -0.298 e. The highest BCUT2D eigenvalue weighted by Gasteiger charge is 2.20. The molecule has 1 amide bonds. The van der Waals surface area contributed by atoms with E-state index in [1.165, 1.54) is 24.3 Å². The van der Waals surface area contributed by atoms with Crippen LogP contribution < -0.4 is 39.2 Å². The molecule has 2 aromatic carbocycles. The van der Waals surface area contributed by atoms with Gasteiger partial charge in [-0.1, -0.05) is 44.2 Å². The summed E-state index contributed by atoms with van der Waals surface area (Å²) in [5, 5.41) is 5.10. The van der Waals surface area contributed by atoms with E-state index < -0.39 is 20.3 Å².